The molecule has 0 aliphatic carbocycles. The van der Waals surface area contributed by atoms with E-state index in [0.717, 1.165) is 11.0 Å². The van der Waals surface area contributed by atoms with Gasteiger partial charge in [0.05, 0.1) is 0 Å². The van der Waals surface area contributed by atoms with Gasteiger partial charge >= 0.3 is 6.09 Å². The highest BCUT2D eigenvalue weighted by Crippen LogP contribution is 2.25. The normalized spacial score (nSPS) is 18.4. The Balaban J connectivity index is 2.24. The summed E-state index contributed by atoms with van der Waals surface area (Å²) < 4.78 is 18.9. The highest BCUT2D eigenvalue weighted by Gasteiger charge is 2.40. The fourth-order valence-corrected chi connectivity index (χ4v) is 2.17. The van der Waals surface area contributed by atoms with Crippen molar-refractivity contribution in [2.75, 3.05) is 0 Å². The van der Waals surface area contributed by atoms with Crippen LogP contribution < -0.4 is 0 Å². The van der Waals surface area contributed by atoms with E-state index in [9.17, 15) is 19.1 Å². The van der Waals surface area contributed by atoms with E-state index >= 15 is 0 Å². The zero-order chi connectivity index (χ0) is 16.5. The van der Waals surface area contributed by atoms with Gasteiger partial charge in [0, 0.05) is 12.5 Å². The summed E-state index contributed by atoms with van der Waals surface area (Å²) >= 11 is 0. The highest BCUT2D eigenvalue weighted by atomic mass is 19.1. The molecular formula is C16H18FNO4. The molecule has 0 spiro atoms. The van der Waals surface area contributed by atoms with Crippen LogP contribution >= 0.6 is 0 Å². The van der Waals surface area contributed by atoms with Crippen molar-refractivity contribution >= 4 is 12.0 Å². The summed E-state index contributed by atoms with van der Waals surface area (Å²) in [5, 5.41) is 9.90. The molecule has 1 atom stereocenters. The van der Waals surface area contributed by atoms with Gasteiger partial charge in [-0.3, -0.25) is 4.79 Å². The number of hydrogen-bond acceptors (Lipinski definition) is 4. The van der Waals surface area contributed by atoms with Gasteiger partial charge in [-0.25, -0.2) is 14.1 Å². The van der Waals surface area contributed by atoms with Crippen LogP contribution in [0.2, 0.25) is 0 Å². The van der Waals surface area contributed by atoms with E-state index in [-0.39, 0.29) is 12.2 Å². The Kier molecular flexibility index (Phi) is 4.21. The molecule has 0 saturated carbocycles. The third-order valence-corrected chi connectivity index (χ3v) is 3.12. The molecule has 5 nitrogen and oxygen atoms in total. The molecule has 0 bridgehead atoms. The summed E-state index contributed by atoms with van der Waals surface area (Å²) in [6, 6.07) is 5.05. The lowest BCUT2D eigenvalue weighted by molar-refractivity contribution is -0.125. The Hall–Kier alpha value is -2.37. The van der Waals surface area contributed by atoms with Crippen molar-refractivity contribution in [3.05, 3.63) is 47.5 Å². The zero-order valence-electron chi connectivity index (χ0n) is 12.7. The monoisotopic (exact) mass is 307 g/mol. The van der Waals surface area contributed by atoms with E-state index in [1.807, 2.05) is 0 Å². The van der Waals surface area contributed by atoms with Crippen LogP contribution in [0.25, 0.3) is 0 Å². The Morgan fingerprint density at radius 1 is 1.36 bits per heavy atom. The summed E-state index contributed by atoms with van der Waals surface area (Å²) in [5.74, 6) is -1.41. The number of benzene rings is 1. The van der Waals surface area contributed by atoms with Crippen LogP contribution in [0, 0.1) is 5.82 Å². The molecule has 2 amide bonds. The molecule has 0 saturated heterocycles. The molecule has 1 heterocycles. The standard InChI is InChI=1S/C16H18FNO4/c1-16(2,3)22-15(21)18-12(13(19)9-14(18)20)8-10-6-4-5-7-11(10)17/h4-7,9,12,19H,8H2,1-3H3/t12-/m0/s1. The summed E-state index contributed by atoms with van der Waals surface area (Å²) in [6.45, 7) is 5.01. The van der Waals surface area contributed by atoms with Crippen LogP contribution in [0.15, 0.2) is 36.1 Å². The first-order valence-electron chi connectivity index (χ1n) is 6.89. The molecule has 22 heavy (non-hydrogen) atoms. The van der Waals surface area contributed by atoms with Crippen LogP contribution in [0.4, 0.5) is 9.18 Å². The molecule has 1 aromatic rings. The number of nitrogens with zero attached hydrogens (tertiary/aromatic N) is 1. The highest BCUT2D eigenvalue weighted by molar-refractivity contribution is 6.02. The minimum atomic E-state index is -0.959. The second-order valence-electron chi connectivity index (χ2n) is 6.07. The van der Waals surface area contributed by atoms with E-state index in [1.54, 1.807) is 39.0 Å². The van der Waals surface area contributed by atoms with Gasteiger partial charge in [0.2, 0.25) is 0 Å². The largest absolute Gasteiger partial charge is 0.510 e. The second kappa shape index (κ2) is 5.79. The topological polar surface area (TPSA) is 66.8 Å². The molecule has 0 aromatic heterocycles. The number of amides is 2. The van der Waals surface area contributed by atoms with Crippen molar-refractivity contribution in [2.45, 2.75) is 38.8 Å². The number of carbonyl (C=O) groups is 2. The van der Waals surface area contributed by atoms with Gasteiger partial charge in [-0.05, 0) is 32.4 Å². The van der Waals surface area contributed by atoms with Crippen molar-refractivity contribution in [2.24, 2.45) is 0 Å². The smallest absolute Gasteiger partial charge is 0.418 e. The fraction of sp³-hybridized carbons (Fsp3) is 0.375. The van der Waals surface area contributed by atoms with Crippen LogP contribution in [-0.4, -0.2) is 33.6 Å². The summed E-state index contributed by atoms with van der Waals surface area (Å²) in [4.78, 5) is 24.9. The minimum Gasteiger partial charge on any atom is -0.510 e. The number of aliphatic hydroxyl groups excluding tert-OH is 1. The maximum absolute atomic E-state index is 13.7. The number of rotatable bonds is 2. The number of imide groups is 1. The SMILES string of the molecule is CC(C)(C)OC(=O)N1C(=O)C=C(O)[C@@H]1Cc1ccccc1F. The van der Waals surface area contributed by atoms with Crippen molar-refractivity contribution in [1.82, 2.24) is 4.90 Å². The van der Waals surface area contributed by atoms with Crippen LogP contribution in [0.1, 0.15) is 26.3 Å². The first-order valence-corrected chi connectivity index (χ1v) is 6.89. The molecular weight excluding hydrogens is 289 g/mol. The van der Waals surface area contributed by atoms with Crippen LogP contribution in [0.3, 0.4) is 0 Å². The molecule has 2 rings (SSSR count). The lowest BCUT2D eigenvalue weighted by Gasteiger charge is -2.27. The van der Waals surface area contributed by atoms with E-state index in [1.165, 1.54) is 6.07 Å². The van der Waals surface area contributed by atoms with Gasteiger partial charge < -0.3 is 9.84 Å². The predicted molar refractivity (Wildman–Crippen MR) is 77.7 cm³/mol. The van der Waals surface area contributed by atoms with Crippen LogP contribution in [-0.2, 0) is 16.0 Å². The number of hydrogen-bond donors (Lipinski definition) is 1. The quantitative estimate of drug-likeness (QED) is 0.912. The van der Waals surface area contributed by atoms with E-state index in [2.05, 4.69) is 0 Å². The molecule has 1 aliphatic heterocycles. The van der Waals surface area contributed by atoms with Gasteiger partial charge in [-0.2, -0.15) is 0 Å². The first kappa shape index (κ1) is 16.0. The maximum atomic E-state index is 13.7. The molecule has 1 aliphatic rings. The van der Waals surface area contributed by atoms with Gasteiger partial charge in [-0.15, -0.1) is 0 Å². The Bertz CT molecular complexity index is 633. The summed E-state index contributed by atoms with van der Waals surface area (Å²) in [5.41, 5.74) is -0.478. The number of carbonyl (C=O) groups excluding carboxylic acids is 2. The number of ether oxygens (including phenoxy) is 1. The summed E-state index contributed by atoms with van der Waals surface area (Å²) in [7, 11) is 0. The van der Waals surface area contributed by atoms with Crippen LogP contribution in [0.5, 0.6) is 0 Å². The maximum Gasteiger partial charge on any atom is 0.418 e. The molecule has 0 fully saturated rings. The van der Waals surface area contributed by atoms with E-state index < -0.39 is 29.5 Å². The number of halogens is 1. The number of aliphatic hydroxyl groups is 1. The molecule has 1 N–H and O–H groups in total. The second-order valence-corrected chi connectivity index (χ2v) is 6.07. The Morgan fingerprint density at radius 3 is 2.59 bits per heavy atom. The van der Waals surface area contributed by atoms with Gasteiger partial charge in [0.15, 0.2) is 0 Å². The van der Waals surface area contributed by atoms with Crippen molar-refractivity contribution in [1.29, 1.82) is 0 Å². The average Bonchev–Trinajstić information content (AvgIpc) is 2.65. The van der Waals surface area contributed by atoms with Crippen molar-refractivity contribution in [3.8, 4) is 0 Å². The Labute approximate surface area is 128 Å². The molecule has 118 valence electrons. The van der Waals surface area contributed by atoms with Gasteiger partial charge in [0.1, 0.15) is 23.2 Å². The molecule has 0 unspecified atom stereocenters. The van der Waals surface area contributed by atoms with E-state index in [0.29, 0.717) is 5.56 Å². The molecule has 0 radical (unpaired) electrons. The summed E-state index contributed by atoms with van der Waals surface area (Å²) in [6.07, 6.45) is 0.0780. The Morgan fingerprint density at radius 2 is 2.00 bits per heavy atom. The average molecular weight is 307 g/mol. The fourth-order valence-electron chi connectivity index (χ4n) is 2.17. The molecule has 1 aromatic carbocycles. The van der Waals surface area contributed by atoms with E-state index in [4.69, 9.17) is 4.74 Å². The minimum absolute atomic E-state index is 0.0139. The lowest BCUT2D eigenvalue weighted by atomic mass is 10.0. The van der Waals surface area contributed by atoms with Gasteiger partial charge in [0.25, 0.3) is 5.91 Å². The van der Waals surface area contributed by atoms with Crippen molar-refractivity contribution < 1.29 is 23.8 Å². The molecule has 6 heteroatoms. The zero-order valence-corrected chi connectivity index (χ0v) is 12.7. The van der Waals surface area contributed by atoms with Gasteiger partial charge in [-0.1, -0.05) is 18.2 Å². The lowest BCUT2D eigenvalue weighted by Crippen LogP contribution is -2.44. The predicted octanol–water partition coefficient (Wildman–Crippen LogP) is 2.96. The third kappa shape index (κ3) is 3.44. The van der Waals surface area contributed by atoms with Crippen molar-refractivity contribution in [3.63, 3.8) is 0 Å². The third-order valence-electron chi connectivity index (χ3n) is 3.12. The first-order chi connectivity index (χ1) is 10.2.